The third-order valence-corrected chi connectivity index (χ3v) is 4.45. The van der Waals surface area contributed by atoms with Crippen LogP contribution in [0.2, 0.25) is 0 Å². The molecule has 2 heterocycles. The summed E-state index contributed by atoms with van der Waals surface area (Å²) in [5.41, 5.74) is 1.61. The quantitative estimate of drug-likeness (QED) is 0.169. The van der Waals surface area contributed by atoms with E-state index in [0.717, 1.165) is 10.9 Å². The molecule has 4 aromatic rings. The molecule has 0 fully saturated rings. The second-order valence-electron chi connectivity index (χ2n) is 6.26. The van der Waals surface area contributed by atoms with Crippen LogP contribution in [0, 0.1) is 21.4 Å². The van der Waals surface area contributed by atoms with Gasteiger partial charge in [0, 0.05) is 46.4 Å². The monoisotopic (exact) mass is 383 g/mol. The van der Waals surface area contributed by atoms with Crippen molar-refractivity contribution in [3.8, 4) is 17.4 Å². The van der Waals surface area contributed by atoms with Crippen LogP contribution >= 0.6 is 0 Å². The Hall–Kier alpha value is -4.44. The number of non-ortho nitro benzene ring substituents is 1. The highest BCUT2D eigenvalue weighted by molar-refractivity contribution is 6.19. The number of nitrogens with one attached hydrogen (secondary N) is 1. The Kier molecular flexibility index (Phi) is 4.51. The average molecular weight is 383 g/mol. The number of nitriles is 1. The maximum atomic E-state index is 12.8. The van der Waals surface area contributed by atoms with Crippen LogP contribution < -0.4 is 0 Å². The van der Waals surface area contributed by atoms with E-state index in [0.29, 0.717) is 22.6 Å². The molecule has 0 amide bonds. The van der Waals surface area contributed by atoms with Crippen LogP contribution in [0.5, 0.6) is 0 Å². The first-order chi connectivity index (χ1) is 14.1. The number of ketones is 1. The molecule has 0 aliphatic heterocycles. The molecule has 0 aliphatic rings. The summed E-state index contributed by atoms with van der Waals surface area (Å²) in [5, 5.41) is 21.2. The molecule has 0 saturated heterocycles. The second-order valence-corrected chi connectivity index (χ2v) is 6.26. The van der Waals surface area contributed by atoms with Crippen molar-refractivity contribution in [1.82, 2.24) is 4.98 Å². The van der Waals surface area contributed by atoms with Gasteiger partial charge in [0.2, 0.25) is 5.78 Å². The van der Waals surface area contributed by atoms with Crippen LogP contribution in [0.15, 0.2) is 76.9 Å². The number of aromatic amines is 1. The van der Waals surface area contributed by atoms with Gasteiger partial charge >= 0.3 is 0 Å². The first-order valence-electron chi connectivity index (χ1n) is 8.64. The lowest BCUT2D eigenvalue weighted by molar-refractivity contribution is -0.384. The predicted molar refractivity (Wildman–Crippen MR) is 107 cm³/mol. The average Bonchev–Trinajstić information content (AvgIpc) is 3.39. The number of para-hydroxylation sites is 1. The minimum atomic E-state index is -0.485. The summed E-state index contributed by atoms with van der Waals surface area (Å²) >= 11 is 0. The lowest BCUT2D eigenvalue weighted by Gasteiger charge is -1.98. The number of benzene rings is 2. The summed E-state index contributed by atoms with van der Waals surface area (Å²) < 4.78 is 5.68. The Morgan fingerprint density at radius 3 is 2.76 bits per heavy atom. The van der Waals surface area contributed by atoms with E-state index in [1.807, 2.05) is 24.3 Å². The van der Waals surface area contributed by atoms with Gasteiger partial charge in [0.15, 0.2) is 0 Å². The lowest BCUT2D eigenvalue weighted by atomic mass is 10.0. The topological polar surface area (TPSA) is 113 Å². The molecule has 7 heteroatoms. The third-order valence-electron chi connectivity index (χ3n) is 4.45. The van der Waals surface area contributed by atoms with E-state index in [1.54, 1.807) is 36.5 Å². The summed E-state index contributed by atoms with van der Waals surface area (Å²) in [4.78, 5) is 26.3. The van der Waals surface area contributed by atoms with Gasteiger partial charge in [-0.15, -0.1) is 0 Å². The number of fused-ring (bicyclic) bond motifs is 1. The van der Waals surface area contributed by atoms with E-state index in [4.69, 9.17) is 4.42 Å². The third kappa shape index (κ3) is 3.42. The molecule has 1 N–H and O–H groups in total. The molecule has 2 aromatic heterocycles. The number of nitro benzene ring substituents is 1. The van der Waals surface area contributed by atoms with Crippen molar-refractivity contribution in [1.29, 1.82) is 5.26 Å². The SMILES string of the molecule is N#C/C(=C\c1ccc(-c2cccc([N+](=O)[O-])c2)o1)C(=O)c1c[nH]c2ccccc12. The van der Waals surface area contributed by atoms with Gasteiger partial charge in [0.05, 0.1) is 4.92 Å². The van der Waals surface area contributed by atoms with Gasteiger partial charge in [-0.3, -0.25) is 14.9 Å². The van der Waals surface area contributed by atoms with Crippen LogP contribution in [0.3, 0.4) is 0 Å². The van der Waals surface area contributed by atoms with Crippen LogP contribution in [0.1, 0.15) is 16.1 Å². The Balaban J connectivity index is 1.66. The first-order valence-corrected chi connectivity index (χ1v) is 8.64. The summed E-state index contributed by atoms with van der Waals surface area (Å²) in [6.07, 6.45) is 2.94. The molecular weight excluding hydrogens is 370 g/mol. The number of aromatic nitrogens is 1. The Morgan fingerprint density at radius 1 is 1.14 bits per heavy atom. The molecule has 2 aromatic carbocycles. The number of allylic oxidation sites excluding steroid dienone is 1. The molecule has 4 rings (SSSR count). The zero-order valence-electron chi connectivity index (χ0n) is 15.0. The Labute approximate surface area is 164 Å². The van der Waals surface area contributed by atoms with E-state index < -0.39 is 10.7 Å². The van der Waals surface area contributed by atoms with Crippen LogP contribution in [0.25, 0.3) is 28.3 Å². The molecule has 7 nitrogen and oxygen atoms in total. The van der Waals surface area contributed by atoms with E-state index in [1.165, 1.54) is 18.2 Å². The van der Waals surface area contributed by atoms with E-state index in [9.17, 15) is 20.2 Å². The zero-order valence-corrected chi connectivity index (χ0v) is 15.0. The number of hydrogen-bond acceptors (Lipinski definition) is 5. The summed E-state index contributed by atoms with van der Waals surface area (Å²) in [6, 6.07) is 18.5. The second kappa shape index (κ2) is 7.29. The van der Waals surface area contributed by atoms with Gasteiger partial charge in [0.1, 0.15) is 23.2 Å². The van der Waals surface area contributed by atoms with Crippen molar-refractivity contribution >= 4 is 28.4 Å². The fourth-order valence-corrected chi connectivity index (χ4v) is 3.05. The van der Waals surface area contributed by atoms with Crippen molar-refractivity contribution in [2.75, 3.05) is 0 Å². The summed E-state index contributed by atoms with van der Waals surface area (Å²) in [5.74, 6) is 0.284. The van der Waals surface area contributed by atoms with Crippen molar-refractivity contribution < 1.29 is 14.1 Å². The van der Waals surface area contributed by atoms with Crippen LogP contribution in [-0.4, -0.2) is 15.7 Å². The Bertz CT molecular complexity index is 1320. The van der Waals surface area contributed by atoms with E-state index in [2.05, 4.69) is 4.98 Å². The number of carbonyl (C=O) groups is 1. The van der Waals surface area contributed by atoms with Gasteiger partial charge in [0.25, 0.3) is 5.69 Å². The van der Waals surface area contributed by atoms with Gasteiger partial charge in [-0.25, -0.2) is 0 Å². The van der Waals surface area contributed by atoms with Gasteiger partial charge in [-0.05, 0) is 18.2 Å². The number of furan rings is 1. The first kappa shape index (κ1) is 17.9. The number of rotatable bonds is 5. The Morgan fingerprint density at radius 2 is 1.97 bits per heavy atom. The number of carbonyl (C=O) groups excluding carboxylic acids is 1. The highest BCUT2D eigenvalue weighted by Gasteiger charge is 2.17. The molecule has 0 spiro atoms. The van der Waals surface area contributed by atoms with Gasteiger partial charge in [-0.2, -0.15) is 5.26 Å². The van der Waals surface area contributed by atoms with Crippen molar-refractivity contribution in [3.63, 3.8) is 0 Å². The lowest BCUT2D eigenvalue weighted by Crippen LogP contribution is -2.00. The molecule has 0 radical (unpaired) electrons. The van der Waals surface area contributed by atoms with E-state index >= 15 is 0 Å². The molecule has 29 heavy (non-hydrogen) atoms. The summed E-state index contributed by atoms with van der Waals surface area (Å²) in [6.45, 7) is 0. The standard InChI is InChI=1S/C22H13N3O4/c23-12-15(22(26)19-13-24-20-7-2-1-6-18(19)20)11-17-8-9-21(29-17)14-4-3-5-16(10-14)25(27)28/h1-11,13,24H/b15-11+. The zero-order chi connectivity index (χ0) is 20.4. The molecule has 0 saturated carbocycles. The summed E-state index contributed by atoms with van der Waals surface area (Å²) in [7, 11) is 0. The smallest absolute Gasteiger partial charge is 0.270 e. The molecule has 0 atom stereocenters. The molecule has 0 unspecified atom stereocenters. The minimum absolute atomic E-state index is 0.0526. The maximum Gasteiger partial charge on any atom is 0.270 e. The van der Waals surface area contributed by atoms with Crippen LogP contribution in [0.4, 0.5) is 5.69 Å². The minimum Gasteiger partial charge on any atom is -0.457 e. The largest absolute Gasteiger partial charge is 0.457 e. The molecular formula is C22H13N3O4. The fourth-order valence-electron chi connectivity index (χ4n) is 3.05. The molecule has 0 bridgehead atoms. The van der Waals surface area contributed by atoms with Crippen molar-refractivity contribution in [2.24, 2.45) is 0 Å². The molecule has 140 valence electrons. The fraction of sp³-hybridized carbons (Fsp3) is 0. The van der Waals surface area contributed by atoms with Crippen molar-refractivity contribution in [3.05, 3.63) is 93.9 Å². The van der Waals surface area contributed by atoms with E-state index in [-0.39, 0.29) is 11.3 Å². The number of H-pyrrole nitrogens is 1. The number of hydrogen-bond donors (Lipinski definition) is 1. The number of nitro groups is 1. The predicted octanol–water partition coefficient (Wildman–Crippen LogP) is 5.13. The molecule has 0 aliphatic carbocycles. The highest BCUT2D eigenvalue weighted by atomic mass is 16.6. The van der Waals surface area contributed by atoms with Gasteiger partial charge < -0.3 is 9.40 Å². The van der Waals surface area contributed by atoms with Gasteiger partial charge in [-0.1, -0.05) is 30.3 Å². The van der Waals surface area contributed by atoms with Crippen molar-refractivity contribution in [2.45, 2.75) is 0 Å². The van der Waals surface area contributed by atoms with Crippen LogP contribution in [-0.2, 0) is 0 Å². The highest BCUT2D eigenvalue weighted by Crippen LogP contribution is 2.27. The number of nitrogens with zero attached hydrogens (tertiary/aromatic N) is 2. The normalized spacial score (nSPS) is 11.3. The number of Topliss-reactive ketones (excluding diaryl/α,β-unsaturated/α-hetero) is 1. The maximum absolute atomic E-state index is 12.8.